The van der Waals surface area contributed by atoms with E-state index in [1.165, 1.54) is 11.0 Å². The third kappa shape index (κ3) is 7.99. The molecule has 294 valence electrons. The SMILES string of the molecule is O=C(N[C@H]1CCN(c2nccn3ccnc23)C1)c1ncn(-c2ccc(I)cc2)n1.[C-]#[N+]c1ccc(-n2cnc(C(=O)N[C@H]3CCN(c4nccn5ccnc45)C3)n2)cc1. The number of rotatable bonds is 8. The molecule has 0 aliphatic carbocycles. The van der Waals surface area contributed by atoms with Gasteiger partial charge in [-0.05, 0) is 71.8 Å². The summed E-state index contributed by atoms with van der Waals surface area (Å²) in [5.74, 6) is 1.32. The number of halogens is 1. The van der Waals surface area contributed by atoms with E-state index in [1.54, 1.807) is 60.1 Å². The molecule has 0 bridgehead atoms. The van der Waals surface area contributed by atoms with Crippen molar-refractivity contribution in [1.29, 1.82) is 0 Å². The Hall–Kier alpha value is -7.28. The molecule has 8 aromatic rings. The van der Waals surface area contributed by atoms with Gasteiger partial charge in [-0.15, -0.1) is 10.2 Å². The lowest BCUT2D eigenvalue weighted by molar-refractivity contribution is 0.0921. The molecule has 6 aromatic heterocycles. The second-order valence-electron chi connectivity index (χ2n) is 13.8. The Labute approximate surface area is 349 Å². The summed E-state index contributed by atoms with van der Waals surface area (Å²) in [6.07, 6.45) is 19.2. The van der Waals surface area contributed by atoms with E-state index in [4.69, 9.17) is 6.57 Å². The number of imidazole rings is 2. The van der Waals surface area contributed by atoms with Crippen LogP contribution in [0.3, 0.4) is 0 Å². The largest absolute Gasteiger partial charge is 0.351 e. The van der Waals surface area contributed by atoms with Crippen LogP contribution < -0.4 is 20.4 Å². The first-order valence-corrected chi connectivity index (χ1v) is 19.7. The molecule has 2 aliphatic heterocycles. The third-order valence-electron chi connectivity index (χ3n) is 9.96. The number of anilines is 2. The van der Waals surface area contributed by atoms with Gasteiger partial charge in [0.2, 0.25) is 11.6 Å². The molecule has 0 spiro atoms. The second kappa shape index (κ2) is 16.3. The molecule has 8 heterocycles. The highest BCUT2D eigenvalue weighted by atomic mass is 127. The fourth-order valence-corrected chi connectivity index (χ4v) is 7.38. The smallest absolute Gasteiger partial charge is 0.291 e. The normalized spacial score (nSPS) is 16.2. The molecule has 59 heavy (non-hydrogen) atoms. The maximum absolute atomic E-state index is 12.6. The van der Waals surface area contributed by atoms with Crippen molar-refractivity contribution in [2.45, 2.75) is 24.9 Å². The van der Waals surface area contributed by atoms with Gasteiger partial charge < -0.3 is 29.2 Å². The standard InChI is InChI=1S/C20H17N9O.C19H17IN8O/c1-21-14-2-4-16(5-3-14)29-13-24-17(26-29)20(30)25-15-6-9-28(12-15)19-18-22-7-10-27(18)11-8-23-19;20-13-1-3-15(4-2-13)28-12-23-16(25-28)19(29)24-14-5-8-27(11-14)18-17-21-6-9-26(17)10-7-22-18/h2-5,7-8,10-11,13,15H,6,9,12H2,(H,25,30);1-4,6-7,9-10,12,14H,5,8,11H2,(H,24,29)/t15-;14-/m00/s1. The molecule has 2 saturated heterocycles. The zero-order valence-electron chi connectivity index (χ0n) is 31.2. The van der Waals surface area contributed by atoms with Crippen LogP contribution in [0.5, 0.6) is 0 Å². The molecule has 2 aromatic carbocycles. The highest BCUT2D eigenvalue weighted by Gasteiger charge is 2.29. The monoisotopic (exact) mass is 899 g/mol. The Kier molecular flexibility index (Phi) is 10.3. The second-order valence-corrected chi connectivity index (χ2v) is 15.0. The van der Waals surface area contributed by atoms with E-state index in [-0.39, 0.29) is 35.5 Å². The Morgan fingerprint density at radius 3 is 1.53 bits per heavy atom. The zero-order valence-corrected chi connectivity index (χ0v) is 33.3. The van der Waals surface area contributed by atoms with Crippen molar-refractivity contribution in [2.75, 3.05) is 36.0 Å². The van der Waals surface area contributed by atoms with Gasteiger partial charge in [0.25, 0.3) is 11.8 Å². The lowest BCUT2D eigenvalue weighted by Crippen LogP contribution is -2.37. The van der Waals surface area contributed by atoms with Crippen LogP contribution in [0.25, 0.3) is 27.5 Å². The van der Waals surface area contributed by atoms with E-state index in [0.717, 1.165) is 63.8 Å². The maximum atomic E-state index is 12.6. The number of carbonyl (C=O) groups excluding carboxylic acids is 2. The Morgan fingerprint density at radius 1 is 0.627 bits per heavy atom. The van der Waals surface area contributed by atoms with E-state index in [2.05, 4.69) is 88.0 Å². The van der Waals surface area contributed by atoms with Crippen molar-refractivity contribution in [3.05, 3.63) is 137 Å². The fourth-order valence-electron chi connectivity index (χ4n) is 7.02. The van der Waals surface area contributed by atoms with Crippen molar-refractivity contribution in [1.82, 2.24) is 68.9 Å². The Bertz CT molecular complexity index is 2800. The molecule has 19 nitrogen and oxygen atoms in total. The number of fused-ring (bicyclic) bond motifs is 2. The van der Waals surface area contributed by atoms with Gasteiger partial charge in [0.05, 0.1) is 17.9 Å². The third-order valence-corrected chi connectivity index (χ3v) is 10.7. The highest BCUT2D eigenvalue weighted by Crippen LogP contribution is 2.24. The first-order chi connectivity index (χ1) is 28.9. The number of nitrogens with one attached hydrogen (secondary N) is 2. The number of hydrogen-bond donors (Lipinski definition) is 2. The molecular formula is C39H34IN17O2. The van der Waals surface area contributed by atoms with Crippen molar-refractivity contribution < 1.29 is 9.59 Å². The summed E-state index contributed by atoms with van der Waals surface area (Å²) in [5.41, 5.74) is 3.76. The lowest BCUT2D eigenvalue weighted by atomic mass is 10.2. The van der Waals surface area contributed by atoms with Crippen LogP contribution >= 0.6 is 22.6 Å². The van der Waals surface area contributed by atoms with Crippen LogP contribution in [0.4, 0.5) is 17.3 Å². The summed E-state index contributed by atoms with van der Waals surface area (Å²) < 4.78 is 8.13. The van der Waals surface area contributed by atoms with Gasteiger partial charge in [-0.2, -0.15) is 0 Å². The molecule has 2 amide bonds. The maximum Gasteiger partial charge on any atom is 0.291 e. The average Bonchev–Trinajstić information content (AvgIpc) is 4.12. The number of hydrogen-bond acceptors (Lipinski definition) is 12. The van der Waals surface area contributed by atoms with E-state index < -0.39 is 0 Å². The summed E-state index contributed by atoms with van der Waals surface area (Å²) in [6.45, 7) is 9.90. The molecule has 10 rings (SSSR count). The summed E-state index contributed by atoms with van der Waals surface area (Å²) >= 11 is 2.25. The van der Waals surface area contributed by atoms with E-state index in [0.29, 0.717) is 18.8 Å². The van der Waals surface area contributed by atoms with Crippen molar-refractivity contribution >= 4 is 63.0 Å². The van der Waals surface area contributed by atoms with Crippen LogP contribution in [0, 0.1) is 10.1 Å². The van der Waals surface area contributed by atoms with E-state index in [1.807, 2.05) is 57.9 Å². The number of nitrogens with zero attached hydrogens (tertiary/aromatic N) is 15. The Morgan fingerprint density at radius 2 is 1.07 bits per heavy atom. The minimum Gasteiger partial charge on any atom is -0.351 e. The van der Waals surface area contributed by atoms with Gasteiger partial charge in [-0.3, -0.25) is 9.59 Å². The van der Waals surface area contributed by atoms with Gasteiger partial charge in [-0.25, -0.2) is 44.1 Å². The van der Waals surface area contributed by atoms with Crippen molar-refractivity contribution in [3.63, 3.8) is 0 Å². The van der Waals surface area contributed by atoms with E-state index in [9.17, 15) is 9.59 Å². The first kappa shape index (κ1) is 37.3. The predicted molar refractivity (Wildman–Crippen MR) is 224 cm³/mol. The van der Waals surface area contributed by atoms with Crippen molar-refractivity contribution in [2.24, 2.45) is 0 Å². The predicted octanol–water partition coefficient (Wildman–Crippen LogP) is 3.79. The van der Waals surface area contributed by atoms with Crippen LogP contribution in [-0.4, -0.2) is 108 Å². The van der Waals surface area contributed by atoms with Gasteiger partial charge in [0, 0.05) is 91.4 Å². The summed E-state index contributed by atoms with van der Waals surface area (Å²) in [6, 6.07) is 14.8. The van der Waals surface area contributed by atoms with Crippen LogP contribution in [0.1, 0.15) is 34.1 Å². The van der Waals surface area contributed by atoms with Crippen molar-refractivity contribution in [3.8, 4) is 11.4 Å². The molecule has 0 unspecified atom stereocenters. The lowest BCUT2D eigenvalue weighted by Gasteiger charge is -2.18. The summed E-state index contributed by atoms with van der Waals surface area (Å²) in [5, 5.41) is 14.6. The Balaban J connectivity index is 0.000000152. The summed E-state index contributed by atoms with van der Waals surface area (Å²) in [7, 11) is 0. The molecule has 2 fully saturated rings. The van der Waals surface area contributed by atoms with Gasteiger partial charge in [-0.1, -0.05) is 12.1 Å². The fraction of sp³-hybridized carbons (Fsp3) is 0.205. The molecule has 20 heteroatoms. The number of benzene rings is 2. The first-order valence-electron chi connectivity index (χ1n) is 18.6. The molecular weight excluding hydrogens is 865 g/mol. The van der Waals surface area contributed by atoms with E-state index >= 15 is 0 Å². The van der Waals surface area contributed by atoms with Crippen LogP contribution in [-0.2, 0) is 0 Å². The number of amides is 2. The minimum absolute atomic E-state index is 0.00442. The van der Waals surface area contributed by atoms with Crippen LogP contribution in [0.15, 0.2) is 111 Å². The molecule has 2 atom stereocenters. The number of aromatic nitrogens is 12. The van der Waals surface area contributed by atoms with Crippen LogP contribution in [0.2, 0.25) is 0 Å². The molecule has 0 saturated carbocycles. The molecule has 2 N–H and O–H groups in total. The zero-order chi connectivity index (χ0) is 40.3. The minimum atomic E-state index is -0.314. The molecule has 2 aliphatic rings. The topological polar surface area (TPSA) is 191 Å². The number of carbonyl (C=O) groups is 2. The average molecular weight is 900 g/mol. The summed E-state index contributed by atoms with van der Waals surface area (Å²) in [4.78, 5) is 58.9. The van der Waals surface area contributed by atoms with Gasteiger partial charge in [0.1, 0.15) is 12.7 Å². The van der Waals surface area contributed by atoms with Gasteiger partial charge >= 0.3 is 0 Å². The van der Waals surface area contributed by atoms with Gasteiger partial charge in [0.15, 0.2) is 28.6 Å². The molecule has 0 radical (unpaired) electrons. The highest BCUT2D eigenvalue weighted by molar-refractivity contribution is 14.1. The quantitative estimate of drug-likeness (QED) is 0.166.